The summed E-state index contributed by atoms with van der Waals surface area (Å²) in [6.07, 6.45) is 1.71. The number of methoxy groups -OCH3 is 1. The van der Waals surface area contributed by atoms with E-state index in [4.69, 9.17) is 16.3 Å². The number of aryl methyl sites for hydroxylation is 1. The van der Waals surface area contributed by atoms with Crippen LogP contribution in [0.4, 0.5) is 0 Å². The Kier molecular flexibility index (Phi) is 2.87. The molecule has 0 radical (unpaired) electrons. The van der Waals surface area contributed by atoms with E-state index in [-0.39, 0.29) is 0 Å². The van der Waals surface area contributed by atoms with E-state index in [1.165, 1.54) is 0 Å². The zero-order valence-corrected chi connectivity index (χ0v) is 13.0. The van der Waals surface area contributed by atoms with Gasteiger partial charge in [0.25, 0.3) is 0 Å². The van der Waals surface area contributed by atoms with Crippen molar-refractivity contribution in [2.24, 2.45) is 7.05 Å². The second-order valence-electron chi connectivity index (χ2n) is 5.25. The smallest absolute Gasteiger partial charge is 0.139 e. The monoisotopic (exact) mass is 311 g/mol. The predicted molar refractivity (Wildman–Crippen MR) is 89.6 cm³/mol. The lowest BCUT2D eigenvalue weighted by molar-refractivity contribution is 0.415. The molecule has 0 bridgehead atoms. The summed E-state index contributed by atoms with van der Waals surface area (Å²) in [7, 11) is 3.72. The molecule has 0 aliphatic rings. The van der Waals surface area contributed by atoms with Crippen molar-refractivity contribution < 1.29 is 4.74 Å². The molecule has 5 heteroatoms. The number of rotatable bonds is 2. The van der Waals surface area contributed by atoms with E-state index in [0.717, 1.165) is 39.1 Å². The van der Waals surface area contributed by atoms with E-state index in [0.29, 0.717) is 5.02 Å². The fraction of sp³-hybridized carbons (Fsp3) is 0.118. The maximum Gasteiger partial charge on any atom is 0.139 e. The summed E-state index contributed by atoms with van der Waals surface area (Å²) >= 11 is 6.23. The van der Waals surface area contributed by atoms with Crippen molar-refractivity contribution in [3.63, 3.8) is 0 Å². The molecule has 4 aromatic rings. The van der Waals surface area contributed by atoms with Gasteiger partial charge in [-0.05, 0) is 36.4 Å². The number of pyridine rings is 1. The van der Waals surface area contributed by atoms with Gasteiger partial charge in [0, 0.05) is 29.5 Å². The van der Waals surface area contributed by atoms with Gasteiger partial charge in [0.05, 0.1) is 23.5 Å². The number of ether oxygens (including phenoxy) is 1. The number of H-pyrrole nitrogens is 1. The van der Waals surface area contributed by atoms with Gasteiger partial charge in [-0.2, -0.15) is 0 Å². The Hall–Kier alpha value is -2.46. The Morgan fingerprint density at radius 2 is 2.05 bits per heavy atom. The van der Waals surface area contributed by atoms with Gasteiger partial charge in [-0.3, -0.25) is 0 Å². The molecule has 0 saturated heterocycles. The average molecular weight is 312 g/mol. The van der Waals surface area contributed by atoms with Crippen LogP contribution in [0.25, 0.3) is 33.3 Å². The minimum atomic E-state index is 0.702. The van der Waals surface area contributed by atoms with Crippen molar-refractivity contribution in [3.05, 3.63) is 47.6 Å². The number of halogens is 1. The zero-order chi connectivity index (χ0) is 15.3. The second kappa shape index (κ2) is 4.78. The fourth-order valence-electron chi connectivity index (χ4n) is 2.85. The molecule has 0 aliphatic heterocycles. The Balaban J connectivity index is 1.95. The standard InChI is InChI=1S/C17H14ClN3O/c1-21-15-4-3-11(22-2)7-10(15)8-16(21)14-9-12-13(18)5-6-19-17(12)20-14/h3-9H,1-2H3,(H,19,20). The van der Waals surface area contributed by atoms with Gasteiger partial charge in [0.15, 0.2) is 0 Å². The van der Waals surface area contributed by atoms with E-state index in [9.17, 15) is 0 Å². The van der Waals surface area contributed by atoms with E-state index >= 15 is 0 Å². The van der Waals surface area contributed by atoms with Gasteiger partial charge < -0.3 is 14.3 Å². The molecule has 4 rings (SSSR count). The van der Waals surface area contributed by atoms with Crippen molar-refractivity contribution in [3.8, 4) is 17.1 Å². The Morgan fingerprint density at radius 3 is 2.82 bits per heavy atom. The summed E-state index contributed by atoms with van der Waals surface area (Å²) < 4.78 is 7.44. The molecule has 3 heterocycles. The highest BCUT2D eigenvalue weighted by molar-refractivity contribution is 6.35. The highest BCUT2D eigenvalue weighted by Gasteiger charge is 2.12. The van der Waals surface area contributed by atoms with Gasteiger partial charge in [-0.15, -0.1) is 0 Å². The third-order valence-corrected chi connectivity index (χ3v) is 4.33. The lowest BCUT2D eigenvalue weighted by Gasteiger charge is -2.02. The summed E-state index contributed by atoms with van der Waals surface area (Å²) in [5.74, 6) is 0.853. The van der Waals surface area contributed by atoms with Gasteiger partial charge in [-0.1, -0.05) is 11.6 Å². The number of aromatic amines is 1. The molecule has 4 nitrogen and oxygen atoms in total. The van der Waals surface area contributed by atoms with E-state index < -0.39 is 0 Å². The van der Waals surface area contributed by atoms with Crippen LogP contribution in [0, 0.1) is 0 Å². The van der Waals surface area contributed by atoms with Crippen molar-refractivity contribution in [2.45, 2.75) is 0 Å². The topological polar surface area (TPSA) is 42.8 Å². The SMILES string of the molecule is COc1ccc2c(c1)cc(-c1cc3c(Cl)ccnc3[nH]1)n2C. The predicted octanol–water partition coefficient (Wildman–Crippen LogP) is 4.38. The van der Waals surface area contributed by atoms with Crippen LogP contribution >= 0.6 is 11.6 Å². The number of benzene rings is 1. The molecule has 1 aromatic carbocycles. The maximum atomic E-state index is 6.23. The summed E-state index contributed by atoms with van der Waals surface area (Å²) in [5.41, 5.74) is 4.02. The largest absolute Gasteiger partial charge is 0.497 e. The molecule has 0 unspecified atom stereocenters. The third kappa shape index (κ3) is 1.88. The molecule has 0 amide bonds. The van der Waals surface area contributed by atoms with Gasteiger partial charge in [0.2, 0.25) is 0 Å². The van der Waals surface area contributed by atoms with Crippen molar-refractivity contribution in [1.29, 1.82) is 0 Å². The molecule has 22 heavy (non-hydrogen) atoms. The molecule has 0 spiro atoms. The molecule has 0 atom stereocenters. The number of nitrogens with one attached hydrogen (secondary N) is 1. The molecular formula is C17H14ClN3O. The Bertz CT molecular complexity index is 1000. The maximum absolute atomic E-state index is 6.23. The molecule has 1 N–H and O–H groups in total. The Morgan fingerprint density at radius 1 is 1.18 bits per heavy atom. The van der Waals surface area contributed by atoms with Crippen LogP contribution in [-0.2, 0) is 7.05 Å². The van der Waals surface area contributed by atoms with E-state index in [1.807, 2.05) is 25.2 Å². The van der Waals surface area contributed by atoms with Crippen LogP contribution in [-0.4, -0.2) is 21.6 Å². The van der Waals surface area contributed by atoms with Crippen molar-refractivity contribution in [2.75, 3.05) is 7.11 Å². The van der Waals surface area contributed by atoms with Crippen molar-refractivity contribution in [1.82, 2.24) is 14.5 Å². The van der Waals surface area contributed by atoms with Crippen LogP contribution in [0.15, 0.2) is 42.6 Å². The van der Waals surface area contributed by atoms with Crippen molar-refractivity contribution >= 4 is 33.5 Å². The number of hydrogen-bond acceptors (Lipinski definition) is 2. The highest BCUT2D eigenvalue weighted by atomic mass is 35.5. The molecular weight excluding hydrogens is 298 g/mol. The first-order valence-corrected chi connectivity index (χ1v) is 7.32. The molecule has 110 valence electrons. The van der Waals surface area contributed by atoms with Gasteiger partial charge in [-0.25, -0.2) is 4.98 Å². The minimum Gasteiger partial charge on any atom is -0.497 e. The van der Waals surface area contributed by atoms with E-state index in [2.05, 4.69) is 26.7 Å². The summed E-state index contributed by atoms with van der Waals surface area (Å²) in [6.45, 7) is 0. The van der Waals surface area contributed by atoms with Crippen LogP contribution in [0.2, 0.25) is 5.02 Å². The lowest BCUT2D eigenvalue weighted by atomic mass is 10.2. The summed E-state index contributed by atoms with van der Waals surface area (Å²) in [4.78, 5) is 7.67. The normalized spacial score (nSPS) is 11.4. The number of aromatic nitrogens is 3. The van der Waals surface area contributed by atoms with Gasteiger partial charge >= 0.3 is 0 Å². The van der Waals surface area contributed by atoms with Crippen LogP contribution in [0.5, 0.6) is 5.75 Å². The lowest BCUT2D eigenvalue weighted by Crippen LogP contribution is -1.91. The van der Waals surface area contributed by atoms with E-state index in [1.54, 1.807) is 19.4 Å². The molecule has 0 aliphatic carbocycles. The molecule has 3 aromatic heterocycles. The second-order valence-corrected chi connectivity index (χ2v) is 5.66. The molecule has 0 fully saturated rings. The summed E-state index contributed by atoms with van der Waals surface area (Å²) in [6, 6.07) is 12.0. The van der Waals surface area contributed by atoms with Crippen LogP contribution < -0.4 is 4.74 Å². The zero-order valence-electron chi connectivity index (χ0n) is 12.2. The number of nitrogens with zero attached hydrogens (tertiary/aromatic N) is 2. The first-order chi connectivity index (χ1) is 10.7. The number of hydrogen-bond donors (Lipinski definition) is 1. The highest BCUT2D eigenvalue weighted by Crippen LogP contribution is 2.32. The fourth-order valence-corrected chi connectivity index (χ4v) is 3.05. The minimum absolute atomic E-state index is 0.702. The quantitative estimate of drug-likeness (QED) is 0.597. The third-order valence-electron chi connectivity index (χ3n) is 4.00. The summed E-state index contributed by atoms with van der Waals surface area (Å²) in [5, 5.41) is 2.77. The Labute approximate surface area is 132 Å². The average Bonchev–Trinajstić information content (AvgIpc) is 3.09. The number of fused-ring (bicyclic) bond motifs is 2. The van der Waals surface area contributed by atoms with Crippen LogP contribution in [0.1, 0.15) is 0 Å². The van der Waals surface area contributed by atoms with Crippen LogP contribution in [0.3, 0.4) is 0 Å². The first kappa shape index (κ1) is 13.2. The first-order valence-electron chi connectivity index (χ1n) is 6.94. The molecule has 0 saturated carbocycles. The van der Waals surface area contributed by atoms with Gasteiger partial charge in [0.1, 0.15) is 11.4 Å².